The summed E-state index contributed by atoms with van der Waals surface area (Å²) in [5, 5.41) is 5.44. The van der Waals surface area contributed by atoms with Crippen LogP contribution in [0.3, 0.4) is 0 Å². The maximum atomic E-state index is 6.29. The van der Waals surface area contributed by atoms with Crippen molar-refractivity contribution in [3.8, 4) is 0 Å². The summed E-state index contributed by atoms with van der Waals surface area (Å²) in [5.41, 5.74) is 1.98. The van der Waals surface area contributed by atoms with Gasteiger partial charge in [-0.05, 0) is 36.4 Å². The summed E-state index contributed by atoms with van der Waals surface area (Å²) in [5.74, 6) is 0. The van der Waals surface area contributed by atoms with Crippen LogP contribution in [0.1, 0.15) is 24.1 Å². The topological polar surface area (TPSA) is 12.0 Å². The van der Waals surface area contributed by atoms with Crippen molar-refractivity contribution in [2.45, 2.75) is 13.0 Å². The zero-order valence-electron chi connectivity index (χ0n) is 10.5. The van der Waals surface area contributed by atoms with Crippen molar-refractivity contribution in [2.24, 2.45) is 0 Å². The first-order valence-electron chi connectivity index (χ1n) is 6.06. The highest BCUT2D eigenvalue weighted by molar-refractivity contribution is 6.36. The lowest BCUT2D eigenvalue weighted by Gasteiger charge is -2.21. The molecule has 2 rings (SSSR count). The molecule has 0 radical (unpaired) electrons. The third-order valence-electron chi connectivity index (χ3n) is 2.90. The molecule has 0 spiro atoms. The molecule has 2 aromatic carbocycles. The van der Waals surface area contributed by atoms with Gasteiger partial charge in [0.05, 0.1) is 6.04 Å². The average Bonchev–Trinajstić information content (AvgIpc) is 2.38. The van der Waals surface area contributed by atoms with Gasteiger partial charge in [-0.2, -0.15) is 0 Å². The molecule has 0 aliphatic heterocycles. The second-order valence-corrected chi connectivity index (χ2v) is 5.43. The van der Waals surface area contributed by atoms with Crippen molar-refractivity contribution in [2.75, 3.05) is 6.54 Å². The van der Waals surface area contributed by atoms with E-state index in [9.17, 15) is 0 Å². The predicted octanol–water partition coefficient (Wildman–Crippen LogP) is 5.35. The van der Waals surface area contributed by atoms with E-state index in [0.29, 0.717) is 15.1 Å². The van der Waals surface area contributed by atoms with E-state index in [1.54, 1.807) is 0 Å². The molecule has 0 saturated carbocycles. The Morgan fingerprint density at radius 2 is 1.53 bits per heavy atom. The summed E-state index contributed by atoms with van der Waals surface area (Å²) in [4.78, 5) is 0. The Morgan fingerprint density at radius 3 is 2.05 bits per heavy atom. The fraction of sp³-hybridized carbons (Fsp3) is 0.200. The Balaban J connectivity index is 2.48. The summed E-state index contributed by atoms with van der Waals surface area (Å²) >= 11 is 18.5. The standard InChI is InChI=1S/C15H14Cl3N/c1-2-19-15(10-6-8-11(16)9-7-10)14-12(17)4-3-5-13(14)18/h3-9,15,19H,2H2,1H3. The molecule has 0 saturated heterocycles. The van der Waals surface area contributed by atoms with Crippen LogP contribution in [0.2, 0.25) is 15.1 Å². The lowest BCUT2D eigenvalue weighted by atomic mass is 9.98. The molecule has 1 nitrogen and oxygen atoms in total. The predicted molar refractivity (Wildman–Crippen MR) is 83.4 cm³/mol. The molecular formula is C15H14Cl3N. The Hall–Kier alpha value is -0.730. The summed E-state index contributed by atoms with van der Waals surface area (Å²) in [7, 11) is 0. The number of hydrogen-bond donors (Lipinski definition) is 1. The van der Waals surface area contributed by atoms with Crippen LogP contribution >= 0.6 is 34.8 Å². The van der Waals surface area contributed by atoms with Crippen molar-refractivity contribution < 1.29 is 0 Å². The maximum Gasteiger partial charge on any atom is 0.0606 e. The average molecular weight is 315 g/mol. The van der Waals surface area contributed by atoms with E-state index >= 15 is 0 Å². The second kappa shape index (κ2) is 6.62. The highest BCUT2D eigenvalue weighted by Gasteiger charge is 2.18. The number of halogens is 3. The van der Waals surface area contributed by atoms with Gasteiger partial charge in [-0.1, -0.05) is 59.9 Å². The van der Waals surface area contributed by atoms with Gasteiger partial charge in [0.2, 0.25) is 0 Å². The summed E-state index contributed by atoms with van der Waals surface area (Å²) in [6.45, 7) is 2.86. The molecule has 2 aromatic rings. The van der Waals surface area contributed by atoms with Crippen LogP contribution in [0, 0.1) is 0 Å². The normalized spacial score (nSPS) is 12.4. The number of rotatable bonds is 4. The maximum absolute atomic E-state index is 6.29. The van der Waals surface area contributed by atoms with Crippen molar-refractivity contribution >= 4 is 34.8 Å². The smallest absolute Gasteiger partial charge is 0.0606 e. The van der Waals surface area contributed by atoms with Crippen LogP contribution in [0.5, 0.6) is 0 Å². The van der Waals surface area contributed by atoms with E-state index in [4.69, 9.17) is 34.8 Å². The van der Waals surface area contributed by atoms with Crippen LogP contribution in [-0.4, -0.2) is 6.54 Å². The molecule has 0 fully saturated rings. The molecule has 19 heavy (non-hydrogen) atoms. The number of benzene rings is 2. The Labute approximate surface area is 128 Å². The molecule has 1 atom stereocenters. The van der Waals surface area contributed by atoms with E-state index in [1.807, 2.05) is 49.4 Å². The second-order valence-electron chi connectivity index (χ2n) is 4.18. The zero-order valence-corrected chi connectivity index (χ0v) is 12.7. The summed E-state index contributed by atoms with van der Waals surface area (Å²) in [6.07, 6.45) is 0. The van der Waals surface area contributed by atoms with Gasteiger partial charge in [0.1, 0.15) is 0 Å². The lowest BCUT2D eigenvalue weighted by molar-refractivity contribution is 0.631. The van der Waals surface area contributed by atoms with Gasteiger partial charge < -0.3 is 5.32 Å². The molecule has 4 heteroatoms. The SMILES string of the molecule is CCNC(c1ccc(Cl)cc1)c1c(Cl)cccc1Cl. The minimum Gasteiger partial charge on any atom is -0.306 e. The van der Waals surface area contributed by atoms with Crippen LogP contribution in [-0.2, 0) is 0 Å². The fourth-order valence-electron chi connectivity index (χ4n) is 2.03. The Bertz CT molecular complexity index is 532. The molecule has 100 valence electrons. The molecule has 0 heterocycles. The lowest BCUT2D eigenvalue weighted by Crippen LogP contribution is -2.22. The zero-order chi connectivity index (χ0) is 13.8. The van der Waals surface area contributed by atoms with Crippen molar-refractivity contribution in [1.82, 2.24) is 5.32 Å². The number of nitrogens with one attached hydrogen (secondary N) is 1. The first-order valence-corrected chi connectivity index (χ1v) is 7.19. The van der Waals surface area contributed by atoms with E-state index in [0.717, 1.165) is 17.7 Å². The van der Waals surface area contributed by atoms with Crippen molar-refractivity contribution in [3.05, 3.63) is 68.7 Å². The van der Waals surface area contributed by atoms with Gasteiger partial charge in [0.25, 0.3) is 0 Å². The van der Waals surface area contributed by atoms with Gasteiger partial charge in [-0.25, -0.2) is 0 Å². The molecule has 1 unspecified atom stereocenters. The van der Waals surface area contributed by atoms with E-state index in [2.05, 4.69) is 5.32 Å². The minimum atomic E-state index is -0.0385. The molecule has 0 bridgehead atoms. The Kier molecular flexibility index (Phi) is 5.12. The molecule has 0 aromatic heterocycles. The fourth-order valence-corrected chi connectivity index (χ4v) is 2.77. The van der Waals surface area contributed by atoms with Crippen molar-refractivity contribution in [1.29, 1.82) is 0 Å². The van der Waals surface area contributed by atoms with Crippen LogP contribution in [0.4, 0.5) is 0 Å². The third kappa shape index (κ3) is 3.43. The Morgan fingerprint density at radius 1 is 0.947 bits per heavy atom. The summed E-state index contributed by atoms with van der Waals surface area (Å²) in [6, 6.07) is 13.2. The first kappa shape index (κ1) is 14.7. The van der Waals surface area contributed by atoms with E-state index < -0.39 is 0 Å². The molecule has 0 aliphatic rings. The van der Waals surface area contributed by atoms with Crippen LogP contribution < -0.4 is 5.32 Å². The van der Waals surface area contributed by atoms with E-state index in [-0.39, 0.29) is 6.04 Å². The monoisotopic (exact) mass is 313 g/mol. The van der Waals surface area contributed by atoms with E-state index in [1.165, 1.54) is 0 Å². The minimum absolute atomic E-state index is 0.0385. The van der Waals surface area contributed by atoms with Crippen LogP contribution in [0.15, 0.2) is 42.5 Å². The summed E-state index contributed by atoms with van der Waals surface area (Å²) < 4.78 is 0. The van der Waals surface area contributed by atoms with Crippen LogP contribution in [0.25, 0.3) is 0 Å². The molecule has 1 N–H and O–H groups in total. The molecule has 0 amide bonds. The third-order valence-corrected chi connectivity index (χ3v) is 3.81. The van der Waals surface area contributed by atoms with Gasteiger partial charge in [0.15, 0.2) is 0 Å². The van der Waals surface area contributed by atoms with Gasteiger partial charge in [0, 0.05) is 20.6 Å². The quantitative estimate of drug-likeness (QED) is 0.802. The van der Waals surface area contributed by atoms with Crippen molar-refractivity contribution in [3.63, 3.8) is 0 Å². The highest BCUT2D eigenvalue weighted by Crippen LogP contribution is 2.34. The first-order chi connectivity index (χ1) is 9.13. The largest absolute Gasteiger partial charge is 0.306 e. The molecular weight excluding hydrogens is 301 g/mol. The van der Waals surface area contributed by atoms with Gasteiger partial charge in [-0.3, -0.25) is 0 Å². The van der Waals surface area contributed by atoms with Gasteiger partial charge >= 0.3 is 0 Å². The molecule has 0 aliphatic carbocycles. The number of hydrogen-bond acceptors (Lipinski definition) is 1. The highest BCUT2D eigenvalue weighted by atomic mass is 35.5. The van der Waals surface area contributed by atoms with Gasteiger partial charge in [-0.15, -0.1) is 0 Å².